The molecular weight excluding hydrogens is 355 g/mol. The Morgan fingerprint density at radius 3 is 2.58 bits per heavy atom. The van der Waals surface area contributed by atoms with Gasteiger partial charge in [0, 0.05) is 55.7 Å². The second-order valence-electron chi connectivity index (χ2n) is 6.73. The fourth-order valence-corrected chi connectivity index (χ4v) is 3.51. The Morgan fingerprint density at radius 2 is 1.96 bits per heavy atom. The number of likely N-dealkylation sites (tertiary alicyclic amines) is 1. The molecule has 0 unspecified atom stereocenters. The van der Waals surface area contributed by atoms with Crippen LogP contribution in [0.4, 0.5) is 4.39 Å². The fraction of sp³-hybridized carbons (Fsp3) is 0.300. The van der Waals surface area contributed by atoms with E-state index < -0.39 is 0 Å². The first-order chi connectivity index (χ1) is 12.3. The first-order valence-corrected chi connectivity index (χ1v) is 8.78. The normalized spacial score (nSPS) is 16.8. The van der Waals surface area contributed by atoms with Gasteiger partial charge in [0.25, 0.3) is 5.91 Å². The lowest BCUT2D eigenvalue weighted by molar-refractivity contribution is -0.126. The number of rotatable bonds is 4. The van der Waals surface area contributed by atoms with Crippen molar-refractivity contribution in [3.8, 4) is 11.1 Å². The molecule has 0 radical (unpaired) electrons. The average Bonchev–Trinajstić information content (AvgIpc) is 2.94. The minimum atomic E-state index is -0.361. The largest absolute Gasteiger partial charge is 0.345 e. The van der Waals surface area contributed by atoms with E-state index in [1.165, 1.54) is 18.2 Å². The predicted molar refractivity (Wildman–Crippen MR) is 99.6 cm³/mol. The highest BCUT2D eigenvalue weighted by molar-refractivity contribution is 6.33. The summed E-state index contributed by atoms with van der Waals surface area (Å²) in [5.74, 6) is -0.191. The number of carbonyl (C=O) groups excluding carboxylic acids is 2. The molecular formula is C20H20ClFN2O2. The smallest absolute Gasteiger partial charge is 0.253 e. The van der Waals surface area contributed by atoms with Crippen molar-refractivity contribution < 1.29 is 14.0 Å². The van der Waals surface area contributed by atoms with E-state index in [2.05, 4.69) is 0 Å². The summed E-state index contributed by atoms with van der Waals surface area (Å²) in [5.41, 5.74) is 1.88. The van der Waals surface area contributed by atoms with Crippen LogP contribution in [0, 0.1) is 11.7 Å². The van der Waals surface area contributed by atoms with Gasteiger partial charge in [0.1, 0.15) is 5.82 Å². The zero-order chi connectivity index (χ0) is 18.8. The van der Waals surface area contributed by atoms with Gasteiger partial charge in [-0.2, -0.15) is 0 Å². The van der Waals surface area contributed by atoms with E-state index in [-0.39, 0.29) is 23.5 Å². The number of amides is 2. The van der Waals surface area contributed by atoms with E-state index in [1.807, 2.05) is 0 Å². The van der Waals surface area contributed by atoms with Crippen molar-refractivity contribution in [3.05, 3.63) is 58.9 Å². The average molecular weight is 375 g/mol. The third kappa shape index (κ3) is 3.88. The molecule has 3 rings (SSSR count). The van der Waals surface area contributed by atoms with Gasteiger partial charge in [0.15, 0.2) is 0 Å². The van der Waals surface area contributed by atoms with E-state index >= 15 is 0 Å². The van der Waals surface area contributed by atoms with E-state index in [9.17, 15) is 14.0 Å². The molecule has 1 aliphatic heterocycles. The Bertz CT molecular complexity index is 838. The second-order valence-corrected chi connectivity index (χ2v) is 7.14. The zero-order valence-electron chi connectivity index (χ0n) is 14.7. The molecule has 136 valence electrons. The summed E-state index contributed by atoms with van der Waals surface area (Å²) in [4.78, 5) is 27.6. The topological polar surface area (TPSA) is 40.6 Å². The second kappa shape index (κ2) is 7.46. The Labute approximate surface area is 157 Å². The third-order valence-electron chi connectivity index (χ3n) is 4.67. The third-order valence-corrected chi connectivity index (χ3v) is 5.00. The van der Waals surface area contributed by atoms with Gasteiger partial charge in [-0.15, -0.1) is 0 Å². The van der Waals surface area contributed by atoms with Crippen LogP contribution in [-0.4, -0.2) is 48.8 Å². The lowest BCUT2D eigenvalue weighted by Gasteiger charge is -2.21. The molecule has 1 atom stereocenters. The lowest BCUT2D eigenvalue weighted by atomic mass is 10.0. The molecule has 1 heterocycles. The minimum absolute atomic E-state index is 0.108. The van der Waals surface area contributed by atoms with Crippen LogP contribution < -0.4 is 0 Å². The number of hydrogen-bond acceptors (Lipinski definition) is 2. The predicted octanol–water partition coefficient (Wildman–Crippen LogP) is 3.70. The Balaban J connectivity index is 1.70. The summed E-state index contributed by atoms with van der Waals surface area (Å²) in [6, 6.07) is 11.1. The Kier molecular flexibility index (Phi) is 5.28. The summed E-state index contributed by atoms with van der Waals surface area (Å²) in [7, 11) is 3.52. The number of hydrogen-bond donors (Lipinski definition) is 0. The van der Waals surface area contributed by atoms with Crippen LogP contribution in [0.2, 0.25) is 5.02 Å². The van der Waals surface area contributed by atoms with E-state index in [0.29, 0.717) is 35.7 Å². The molecule has 1 fully saturated rings. The molecule has 4 nitrogen and oxygen atoms in total. The zero-order valence-corrected chi connectivity index (χ0v) is 15.5. The Hall–Kier alpha value is -2.40. The van der Waals surface area contributed by atoms with Crippen molar-refractivity contribution in [1.29, 1.82) is 0 Å². The molecule has 0 spiro atoms. The molecule has 2 amide bonds. The molecule has 6 heteroatoms. The molecule has 2 aromatic carbocycles. The van der Waals surface area contributed by atoms with Crippen LogP contribution >= 0.6 is 11.6 Å². The number of benzene rings is 2. The standard InChI is InChI=1S/C20H20ClFN2O2/c1-23-11-13(9-19(23)25)12-24(2)20(26)15-5-3-14(4-6-15)17-10-16(22)7-8-18(17)21/h3-8,10,13H,9,11-12H2,1-2H3/t13-/m0/s1. The van der Waals surface area contributed by atoms with Crippen molar-refractivity contribution in [2.24, 2.45) is 5.92 Å². The maximum absolute atomic E-state index is 13.4. The molecule has 0 bridgehead atoms. The molecule has 1 saturated heterocycles. The first-order valence-electron chi connectivity index (χ1n) is 8.40. The Morgan fingerprint density at radius 1 is 1.27 bits per heavy atom. The number of halogens is 2. The summed E-state index contributed by atoms with van der Waals surface area (Å²) in [6.07, 6.45) is 0.477. The fourth-order valence-electron chi connectivity index (χ4n) is 3.28. The maximum atomic E-state index is 13.4. The molecule has 0 aliphatic carbocycles. The summed E-state index contributed by atoms with van der Waals surface area (Å²) in [6.45, 7) is 1.21. The molecule has 1 aliphatic rings. The highest BCUT2D eigenvalue weighted by Gasteiger charge is 2.28. The van der Waals surface area contributed by atoms with E-state index in [0.717, 1.165) is 5.56 Å². The van der Waals surface area contributed by atoms with Gasteiger partial charge in [-0.25, -0.2) is 4.39 Å². The van der Waals surface area contributed by atoms with Crippen LogP contribution in [0.5, 0.6) is 0 Å². The van der Waals surface area contributed by atoms with E-state index in [4.69, 9.17) is 11.6 Å². The van der Waals surface area contributed by atoms with Crippen molar-refractivity contribution in [1.82, 2.24) is 9.80 Å². The van der Waals surface area contributed by atoms with Gasteiger partial charge in [-0.1, -0.05) is 23.7 Å². The van der Waals surface area contributed by atoms with Crippen molar-refractivity contribution >= 4 is 23.4 Å². The van der Waals surface area contributed by atoms with Gasteiger partial charge in [-0.3, -0.25) is 9.59 Å². The van der Waals surface area contributed by atoms with Gasteiger partial charge < -0.3 is 9.80 Å². The highest BCUT2D eigenvalue weighted by atomic mass is 35.5. The summed E-state index contributed by atoms with van der Waals surface area (Å²) >= 11 is 6.13. The molecule has 0 saturated carbocycles. The van der Waals surface area contributed by atoms with Crippen LogP contribution in [0.3, 0.4) is 0 Å². The molecule has 2 aromatic rings. The maximum Gasteiger partial charge on any atom is 0.253 e. The summed E-state index contributed by atoms with van der Waals surface area (Å²) < 4.78 is 13.4. The van der Waals surface area contributed by atoms with Crippen LogP contribution in [0.1, 0.15) is 16.8 Å². The first kappa shape index (κ1) is 18.4. The highest BCUT2D eigenvalue weighted by Crippen LogP contribution is 2.29. The molecule has 0 aromatic heterocycles. The number of nitrogens with zero attached hydrogens (tertiary/aromatic N) is 2. The van der Waals surface area contributed by atoms with Crippen molar-refractivity contribution in [2.45, 2.75) is 6.42 Å². The van der Waals surface area contributed by atoms with Gasteiger partial charge in [0.05, 0.1) is 0 Å². The summed E-state index contributed by atoms with van der Waals surface area (Å²) in [5, 5.41) is 0.456. The van der Waals surface area contributed by atoms with Crippen LogP contribution in [0.25, 0.3) is 11.1 Å². The van der Waals surface area contributed by atoms with Gasteiger partial charge >= 0.3 is 0 Å². The monoisotopic (exact) mass is 374 g/mol. The number of carbonyl (C=O) groups is 2. The molecule has 0 N–H and O–H groups in total. The van der Waals surface area contributed by atoms with Gasteiger partial charge in [0.2, 0.25) is 5.91 Å². The molecule has 26 heavy (non-hydrogen) atoms. The van der Waals surface area contributed by atoms with Crippen molar-refractivity contribution in [3.63, 3.8) is 0 Å². The van der Waals surface area contributed by atoms with Crippen LogP contribution in [0.15, 0.2) is 42.5 Å². The van der Waals surface area contributed by atoms with E-state index in [1.54, 1.807) is 48.2 Å². The quantitative estimate of drug-likeness (QED) is 0.818. The SMILES string of the molecule is CN1C[C@@H](CN(C)C(=O)c2ccc(-c3cc(F)ccc3Cl)cc2)CC1=O. The lowest BCUT2D eigenvalue weighted by Crippen LogP contribution is -2.32. The van der Waals surface area contributed by atoms with Gasteiger partial charge in [-0.05, 0) is 35.9 Å². The minimum Gasteiger partial charge on any atom is -0.345 e. The van der Waals surface area contributed by atoms with Crippen molar-refractivity contribution in [2.75, 3.05) is 27.2 Å². The van der Waals surface area contributed by atoms with Crippen LogP contribution in [-0.2, 0) is 4.79 Å².